The highest BCUT2D eigenvalue weighted by Crippen LogP contribution is 2.32. The first-order valence-electron chi connectivity index (χ1n) is 9.56. The second-order valence-corrected chi connectivity index (χ2v) is 6.48. The standard InChI is InChI=1S/C21H23N3O6/c1-2-3-10-28-16-7-4-14(5-8-16)20(26)22-12-19(25)23-24-21(27)15-6-9-17-18(11-15)30-13-29-17/h4-9,11H,2-3,10,12-13H2,1H3,(H,22,26)(H,23,25)(H,24,27). The van der Waals surface area contributed by atoms with E-state index in [0.717, 1.165) is 12.8 Å². The van der Waals surface area contributed by atoms with E-state index < -0.39 is 17.7 Å². The van der Waals surface area contributed by atoms with E-state index in [1.807, 2.05) is 0 Å². The van der Waals surface area contributed by atoms with Gasteiger partial charge in [0.05, 0.1) is 13.2 Å². The van der Waals surface area contributed by atoms with Gasteiger partial charge < -0.3 is 19.5 Å². The second-order valence-electron chi connectivity index (χ2n) is 6.48. The van der Waals surface area contributed by atoms with Crippen molar-refractivity contribution in [3.05, 3.63) is 53.6 Å². The summed E-state index contributed by atoms with van der Waals surface area (Å²) in [6.45, 7) is 2.51. The van der Waals surface area contributed by atoms with E-state index in [-0.39, 0.29) is 13.3 Å². The molecule has 0 atom stereocenters. The fraction of sp³-hybridized carbons (Fsp3) is 0.286. The highest BCUT2D eigenvalue weighted by Gasteiger charge is 2.16. The zero-order chi connectivity index (χ0) is 21.3. The third-order valence-corrected chi connectivity index (χ3v) is 4.24. The van der Waals surface area contributed by atoms with Crippen LogP contribution < -0.4 is 30.4 Å². The molecule has 0 saturated carbocycles. The molecule has 0 aliphatic carbocycles. The van der Waals surface area contributed by atoms with Gasteiger partial charge in [-0.05, 0) is 48.9 Å². The Morgan fingerprint density at radius 3 is 2.43 bits per heavy atom. The molecule has 0 aromatic heterocycles. The third-order valence-electron chi connectivity index (χ3n) is 4.24. The Morgan fingerprint density at radius 1 is 0.933 bits per heavy atom. The Morgan fingerprint density at radius 2 is 1.67 bits per heavy atom. The average Bonchev–Trinajstić information content (AvgIpc) is 3.24. The molecule has 1 heterocycles. The lowest BCUT2D eigenvalue weighted by Gasteiger charge is -2.09. The van der Waals surface area contributed by atoms with E-state index in [4.69, 9.17) is 14.2 Å². The summed E-state index contributed by atoms with van der Waals surface area (Å²) in [4.78, 5) is 36.2. The largest absolute Gasteiger partial charge is 0.494 e. The van der Waals surface area contributed by atoms with Gasteiger partial charge in [-0.2, -0.15) is 0 Å². The van der Waals surface area contributed by atoms with Crippen molar-refractivity contribution < 1.29 is 28.6 Å². The van der Waals surface area contributed by atoms with Crippen molar-refractivity contribution >= 4 is 17.7 Å². The molecule has 2 aromatic carbocycles. The molecule has 0 radical (unpaired) electrons. The zero-order valence-corrected chi connectivity index (χ0v) is 16.5. The van der Waals surface area contributed by atoms with E-state index >= 15 is 0 Å². The van der Waals surface area contributed by atoms with Crippen LogP contribution >= 0.6 is 0 Å². The summed E-state index contributed by atoms with van der Waals surface area (Å²) >= 11 is 0. The number of unbranched alkanes of at least 4 members (excludes halogenated alkanes) is 1. The van der Waals surface area contributed by atoms with Crippen LogP contribution in [0.3, 0.4) is 0 Å². The summed E-state index contributed by atoms with van der Waals surface area (Å²) in [7, 11) is 0. The Labute approximate surface area is 173 Å². The molecule has 0 spiro atoms. The molecule has 9 nitrogen and oxygen atoms in total. The quantitative estimate of drug-likeness (QED) is 0.449. The molecule has 1 aliphatic heterocycles. The van der Waals surface area contributed by atoms with Crippen molar-refractivity contribution in [3.63, 3.8) is 0 Å². The summed E-state index contributed by atoms with van der Waals surface area (Å²) in [5, 5.41) is 2.49. The van der Waals surface area contributed by atoms with Gasteiger partial charge in [-0.3, -0.25) is 25.2 Å². The normalized spacial score (nSPS) is 11.5. The van der Waals surface area contributed by atoms with Gasteiger partial charge in [0.2, 0.25) is 6.79 Å². The van der Waals surface area contributed by atoms with E-state index in [9.17, 15) is 14.4 Å². The van der Waals surface area contributed by atoms with Crippen molar-refractivity contribution in [1.82, 2.24) is 16.2 Å². The van der Waals surface area contributed by atoms with Crippen LogP contribution in [0.5, 0.6) is 17.2 Å². The lowest BCUT2D eigenvalue weighted by Crippen LogP contribution is -2.46. The molecule has 3 amide bonds. The lowest BCUT2D eigenvalue weighted by molar-refractivity contribution is -0.120. The number of hydrogen-bond acceptors (Lipinski definition) is 6. The maximum atomic E-state index is 12.1. The summed E-state index contributed by atoms with van der Waals surface area (Å²) in [6, 6.07) is 11.3. The van der Waals surface area contributed by atoms with Crippen LogP contribution in [0.25, 0.3) is 0 Å². The predicted octanol–water partition coefficient (Wildman–Crippen LogP) is 1.79. The van der Waals surface area contributed by atoms with E-state index in [1.54, 1.807) is 36.4 Å². The van der Waals surface area contributed by atoms with Crippen molar-refractivity contribution in [1.29, 1.82) is 0 Å². The van der Waals surface area contributed by atoms with Crippen LogP contribution in [0.1, 0.15) is 40.5 Å². The number of rotatable bonds is 8. The Kier molecular flexibility index (Phi) is 7.09. The summed E-state index contributed by atoms with van der Waals surface area (Å²) < 4.78 is 15.9. The average molecular weight is 413 g/mol. The molecule has 3 N–H and O–H groups in total. The van der Waals surface area contributed by atoms with Gasteiger partial charge in [0.25, 0.3) is 17.7 Å². The summed E-state index contributed by atoms with van der Waals surface area (Å²) in [5.41, 5.74) is 5.22. The number of hydrogen-bond donors (Lipinski definition) is 3. The fourth-order valence-corrected chi connectivity index (χ4v) is 2.58. The maximum Gasteiger partial charge on any atom is 0.269 e. The number of benzene rings is 2. The number of amides is 3. The molecular weight excluding hydrogens is 390 g/mol. The lowest BCUT2D eigenvalue weighted by atomic mass is 10.2. The smallest absolute Gasteiger partial charge is 0.269 e. The first kappa shape index (κ1) is 21.0. The molecule has 1 aliphatic rings. The predicted molar refractivity (Wildman–Crippen MR) is 107 cm³/mol. The number of carbonyl (C=O) groups excluding carboxylic acids is 3. The topological polar surface area (TPSA) is 115 Å². The summed E-state index contributed by atoms with van der Waals surface area (Å²) in [5.74, 6) is 0.196. The Hall–Kier alpha value is -3.75. The van der Waals surface area contributed by atoms with E-state index in [2.05, 4.69) is 23.1 Å². The molecule has 158 valence electrons. The number of hydrazine groups is 1. The molecule has 0 fully saturated rings. The Bertz CT molecular complexity index is 913. The number of ether oxygens (including phenoxy) is 3. The van der Waals surface area contributed by atoms with Gasteiger partial charge in [-0.25, -0.2) is 0 Å². The zero-order valence-electron chi connectivity index (χ0n) is 16.5. The van der Waals surface area contributed by atoms with E-state index in [1.165, 1.54) is 6.07 Å². The van der Waals surface area contributed by atoms with Crippen molar-refractivity contribution in [2.24, 2.45) is 0 Å². The monoisotopic (exact) mass is 413 g/mol. The van der Waals surface area contributed by atoms with Crippen molar-refractivity contribution in [2.45, 2.75) is 19.8 Å². The van der Waals surface area contributed by atoms with Crippen LogP contribution in [0.4, 0.5) is 0 Å². The molecular formula is C21H23N3O6. The van der Waals surface area contributed by atoms with Gasteiger partial charge >= 0.3 is 0 Å². The molecule has 9 heteroatoms. The van der Waals surface area contributed by atoms with Gasteiger partial charge in [-0.15, -0.1) is 0 Å². The van der Waals surface area contributed by atoms with Crippen LogP contribution in [0, 0.1) is 0 Å². The van der Waals surface area contributed by atoms with Crippen LogP contribution in [-0.2, 0) is 4.79 Å². The van der Waals surface area contributed by atoms with Gasteiger partial charge in [0.15, 0.2) is 11.5 Å². The van der Waals surface area contributed by atoms with Crippen LogP contribution in [0.15, 0.2) is 42.5 Å². The second kappa shape index (κ2) is 10.1. The maximum absolute atomic E-state index is 12.1. The van der Waals surface area contributed by atoms with Gasteiger partial charge in [0.1, 0.15) is 5.75 Å². The minimum absolute atomic E-state index is 0.103. The number of carbonyl (C=O) groups is 3. The fourth-order valence-electron chi connectivity index (χ4n) is 2.58. The molecule has 0 bridgehead atoms. The van der Waals surface area contributed by atoms with Gasteiger partial charge in [-0.1, -0.05) is 13.3 Å². The minimum Gasteiger partial charge on any atom is -0.494 e. The van der Waals surface area contributed by atoms with Crippen molar-refractivity contribution in [2.75, 3.05) is 19.9 Å². The first-order valence-corrected chi connectivity index (χ1v) is 9.56. The molecule has 0 unspecified atom stereocenters. The van der Waals surface area contributed by atoms with Crippen molar-refractivity contribution in [3.8, 4) is 17.2 Å². The van der Waals surface area contributed by atoms with E-state index in [0.29, 0.717) is 35.0 Å². The molecule has 2 aromatic rings. The Balaban J connectivity index is 1.40. The molecule has 30 heavy (non-hydrogen) atoms. The minimum atomic E-state index is -0.572. The van der Waals surface area contributed by atoms with Crippen LogP contribution in [0.2, 0.25) is 0 Å². The highest BCUT2D eigenvalue weighted by molar-refractivity contribution is 5.98. The summed E-state index contributed by atoms with van der Waals surface area (Å²) in [6.07, 6.45) is 2.00. The number of fused-ring (bicyclic) bond motifs is 1. The first-order chi connectivity index (χ1) is 14.6. The third kappa shape index (κ3) is 5.63. The highest BCUT2D eigenvalue weighted by atomic mass is 16.7. The molecule has 3 rings (SSSR count). The van der Waals surface area contributed by atoms with Gasteiger partial charge in [0, 0.05) is 11.1 Å². The molecule has 0 saturated heterocycles. The SMILES string of the molecule is CCCCOc1ccc(C(=O)NCC(=O)NNC(=O)c2ccc3c(c2)OCO3)cc1. The van der Waals surface area contributed by atoms with Crippen LogP contribution in [-0.4, -0.2) is 37.7 Å². The number of nitrogens with one attached hydrogen (secondary N) is 3.